The van der Waals surface area contributed by atoms with E-state index in [9.17, 15) is 22.4 Å². The summed E-state index contributed by atoms with van der Waals surface area (Å²) in [6.45, 7) is 7.55. The number of hydrogen-bond donors (Lipinski definition) is 1. The highest BCUT2D eigenvalue weighted by Gasteiger charge is 2.33. The van der Waals surface area contributed by atoms with E-state index in [4.69, 9.17) is 0 Å². The number of halogens is 1. The van der Waals surface area contributed by atoms with E-state index in [1.54, 1.807) is 55.5 Å². The van der Waals surface area contributed by atoms with E-state index in [0.29, 0.717) is 24.2 Å². The lowest BCUT2D eigenvalue weighted by atomic mass is 10.1. The Bertz CT molecular complexity index is 1380. The summed E-state index contributed by atoms with van der Waals surface area (Å²) in [7, 11) is -4.13. The third-order valence-corrected chi connectivity index (χ3v) is 8.48. The van der Waals surface area contributed by atoms with Crippen molar-refractivity contribution in [2.45, 2.75) is 64.4 Å². The van der Waals surface area contributed by atoms with Crippen molar-refractivity contribution >= 4 is 27.5 Å². The molecular formula is C31H38FN3O4S. The maximum atomic E-state index is 14.0. The first-order chi connectivity index (χ1) is 19.1. The van der Waals surface area contributed by atoms with E-state index >= 15 is 0 Å². The van der Waals surface area contributed by atoms with Crippen LogP contribution in [0.25, 0.3) is 0 Å². The Morgan fingerprint density at radius 3 is 2.00 bits per heavy atom. The summed E-state index contributed by atoms with van der Waals surface area (Å²) >= 11 is 0. The average molecular weight is 568 g/mol. The third-order valence-electron chi connectivity index (χ3n) is 6.69. The highest BCUT2D eigenvalue weighted by molar-refractivity contribution is 7.92. The molecule has 9 heteroatoms. The average Bonchev–Trinajstić information content (AvgIpc) is 2.93. The van der Waals surface area contributed by atoms with Crippen LogP contribution in [0.4, 0.5) is 10.1 Å². The Labute approximate surface area is 237 Å². The molecule has 3 aromatic rings. The predicted octanol–water partition coefficient (Wildman–Crippen LogP) is 5.36. The van der Waals surface area contributed by atoms with Crippen LogP contribution in [0.15, 0.2) is 77.7 Å². The minimum absolute atomic E-state index is 0.0190. The van der Waals surface area contributed by atoms with E-state index in [-0.39, 0.29) is 17.3 Å². The van der Waals surface area contributed by atoms with Crippen molar-refractivity contribution in [3.8, 4) is 0 Å². The molecule has 0 saturated carbocycles. The molecule has 0 aliphatic carbocycles. The van der Waals surface area contributed by atoms with Crippen LogP contribution in [0.3, 0.4) is 0 Å². The highest BCUT2D eigenvalue weighted by Crippen LogP contribution is 2.25. The Morgan fingerprint density at radius 1 is 0.875 bits per heavy atom. The molecule has 3 rings (SSSR count). The second kappa shape index (κ2) is 14.1. The molecule has 0 aromatic heterocycles. The minimum Gasteiger partial charge on any atom is -0.354 e. The number of nitrogens with one attached hydrogen (secondary N) is 1. The Morgan fingerprint density at radius 2 is 1.45 bits per heavy atom. The highest BCUT2D eigenvalue weighted by atomic mass is 32.2. The molecule has 0 fully saturated rings. The monoisotopic (exact) mass is 567 g/mol. The second-order valence-electron chi connectivity index (χ2n) is 9.88. The zero-order valence-electron chi connectivity index (χ0n) is 23.6. The Balaban J connectivity index is 2.02. The summed E-state index contributed by atoms with van der Waals surface area (Å²) in [6.07, 6.45) is 2.02. The van der Waals surface area contributed by atoms with Gasteiger partial charge in [0.2, 0.25) is 11.8 Å². The quantitative estimate of drug-likeness (QED) is 0.282. The molecule has 0 radical (unpaired) electrons. The number of carbonyl (C=O) groups is 2. The molecule has 7 nitrogen and oxygen atoms in total. The zero-order chi connectivity index (χ0) is 29.3. The first-order valence-electron chi connectivity index (χ1n) is 13.5. The first-order valence-corrected chi connectivity index (χ1v) is 15.0. The van der Waals surface area contributed by atoms with E-state index < -0.39 is 34.3 Å². The van der Waals surface area contributed by atoms with Gasteiger partial charge in [0, 0.05) is 13.1 Å². The molecule has 0 aliphatic rings. The molecule has 1 N–H and O–H groups in total. The van der Waals surface area contributed by atoms with Crippen LogP contribution in [0.2, 0.25) is 0 Å². The minimum atomic E-state index is -4.13. The molecule has 0 aliphatic heterocycles. The fourth-order valence-corrected chi connectivity index (χ4v) is 5.70. The first kappa shape index (κ1) is 30.8. The smallest absolute Gasteiger partial charge is 0.264 e. The van der Waals surface area contributed by atoms with E-state index in [0.717, 1.165) is 28.3 Å². The zero-order valence-corrected chi connectivity index (χ0v) is 24.4. The number of amides is 2. The van der Waals surface area contributed by atoms with Crippen LogP contribution in [0.1, 0.15) is 49.8 Å². The predicted molar refractivity (Wildman–Crippen MR) is 156 cm³/mol. The van der Waals surface area contributed by atoms with Gasteiger partial charge >= 0.3 is 0 Å². The van der Waals surface area contributed by atoms with Crippen LogP contribution < -0.4 is 9.62 Å². The van der Waals surface area contributed by atoms with Crippen LogP contribution in [0.5, 0.6) is 0 Å². The number of benzene rings is 3. The lowest BCUT2D eigenvalue weighted by Gasteiger charge is -2.33. The second-order valence-corrected chi connectivity index (χ2v) is 11.7. The summed E-state index contributed by atoms with van der Waals surface area (Å²) in [4.78, 5) is 28.6. The SMILES string of the molecule is CCCCNC(=O)C(CC)N(Cc1ccc(F)cc1)C(=O)CN(c1ccc(C)cc1)S(=O)(=O)c1ccc(C)cc1. The van der Waals surface area contributed by atoms with Crippen molar-refractivity contribution in [3.05, 3.63) is 95.3 Å². The molecule has 2 amide bonds. The maximum absolute atomic E-state index is 14.0. The number of nitrogens with zero attached hydrogens (tertiary/aromatic N) is 2. The topological polar surface area (TPSA) is 86.8 Å². The number of rotatable bonds is 13. The molecule has 0 heterocycles. The van der Waals surface area contributed by atoms with Gasteiger partial charge in [0.25, 0.3) is 10.0 Å². The van der Waals surface area contributed by atoms with E-state index in [2.05, 4.69) is 5.32 Å². The van der Waals surface area contributed by atoms with E-state index in [1.807, 2.05) is 20.8 Å². The van der Waals surface area contributed by atoms with Gasteiger partial charge in [0.15, 0.2) is 0 Å². The van der Waals surface area contributed by atoms with Crippen LogP contribution in [0, 0.1) is 19.7 Å². The number of aryl methyl sites for hydroxylation is 2. The molecule has 3 aromatic carbocycles. The summed E-state index contributed by atoms with van der Waals surface area (Å²) in [5.74, 6) is -1.27. The van der Waals surface area contributed by atoms with Crippen LogP contribution >= 0.6 is 0 Å². The van der Waals surface area contributed by atoms with Crippen molar-refractivity contribution in [2.75, 3.05) is 17.4 Å². The number of anilines is 1. The van der Waals surface area contributed by atoms with Crippen LogP contribution in [-0.4, -0.2) is 44.3 Å². The van der Waals surface area contributed by atoms with Gasteiger partial charge < -0.3 is 10.2 Å². The van der Waals surface area contributed by atoms with Gasteiger partial charge in [-0.1, -0.05) is 67.8 Å². The van der Waals surface area contributed by atoms with Crippen molar-refractivity contribution in [3.63, 3.8) is 0 Å². The third kappa shape index (κ3) is 7.91. The molecule has 214 valence electrons. The number of sulfonamides is 1. The molecule has 1 atom stereocenters. The molecule has 1 unspecified atom stereocenters. The van der Waals surface area contributed by atoms with Crippen molar-refractivity contribution in [1.82, 2.24) is 10.2 Å². The lowest BCUT2D eigenvalue weighted by molar-refractivity contribution is -0.140. The van der Waals surface area contributed by atoms with E-state index in [1.165, 1.54) is 29.2 Å². The Hall–Kier alpha value is -3.72. The van der Waals surface area contributed by atoms with Gasteiger partial charge in [0.05, 0.1) is 10.6 Å². The van der Waals surface area contributed by atoms with Crippen molar-refractivity contribution < 1.29 is 22.4 Å². The maximum Gasteiger partial charge on any atom is 0.264 e. The molecule has 0 spiro atoms. The summed E-state index contributed by atoms with van der Waals surface area (Å²) in [6, 6.07) is 18.2. The van der Waals surface area contributed by atoms with Crippen LogP contribution in [-0.2, 0) is 26.2 Å². The van der Waals surface area contributed by atoms with Gasteiger partial charge in [-0.25, -0.2) is 12.8 Å². The van der Waals surface area contributed by atoms with Gasteiger partial charge in [-0.05, 0) is 68.7 Å². The number of carbonyl (C=O) groups excluding carboxylic acids is 2. The Kier molecular flexibility index (Phi) is 10.8. The van der Waals surface area contributed by atoms with Gasteiger partial charge in [-0.2, -0.15) is 0 Å². The van der Waals surface area contributed by atoms with Gasteiger partial charge in [0.1, 0.15) is 18.4 Å². The van der Waals surface area contributed by atoms with Gasteiger partial charge in [-0.3, -0.25) is 13.9 Å². The molecule has 0 bridgehead atoms. The standard InChI is InChI=1S/C31H38FN3O4S/c1-5-7-20-33-31(37)29(6-2)34(21-25-12-14-26(32)15-13-25)30(36)22-35(27-16-8-23(3)9-17-27)40(38,39)28-18-10-24(4)11-19-28/h8-19,29H,5-7,20-22H2,1-4H3,(H,33,37). The largest absolute Gasteiger partial charge is 0.354 e. The van der Waals surface area contributed by atoms with Gasteiger partial charge in [-0.15, -0.1) is 0 Å². The summed E-state index contributed by atoms with van der Waals surface area (Å²) in [5.41, 5.74) is 2.80. The fourth-order valence-electron chi connectivity index (χ4n) is 4.29. The number of hydrogen-bond acceptors (Lipinski definition) is 4. The summed E-state index contributed by atoms with van der Waals surface area (Å²) < 4.78 is 42.4. The lowest BCUT2D eigenvalue weighted by Crippen LogP contribution is -2.52. The summed E-state index contributed by atoms with van der Waals surface area (Å²) in [5, 5.41) is 2.89. The molecule has 40 heavy (non-hydrogen) atoms. The number of unbranched alkanes of at least 4 members (excludes halogenated alkanes) is 1. The van der Waals surface area contributed by atoms with Crippen molar-refractivity contribution in [2.24, 2.45) is 0 Å². The van der Waals surface area contributed by atoms with Crippen molar-refractivity contribution in [1.29, 1.82) is 0 Å². The molecular weight excluding hydrogens is 529 g/mol. The fraction of sp³-hybridized carbons (Fsp3) is 0.355. The normalized spacial score (nSPS) is 12.0. The molecule has 0 saturated heterocycles.